The molecule has 1 rings (SSSR count). The van der Waals surface area contributed by atoms with E-state index in [1.165, 1.54) is 0 Å². The van der Waals surface area contributed by atoms with Crippen LogP contribution >= 0.6 is 0 Å². The number of alkyl halides is 3. The number of aldehydes is 1. The van der Waals surface area contributed by atoms with Crippen LogP contribution in [0, 0.1) is 0 Å². The summed E-state index contributed by atoms with van der Waals surface area (Å²) in [6, 6.07) is 6.43. The molecule has 0 bridgehead atoms. The highest BCUT2D eigenvalue weighted by molar-refractivity contribution is 5.94. The molecule has 0 aliphatic heterocycles. The van der Waals surface area contributed by atoms with Gasteiger partial charge in [0.2, 0.25) is 0 Å². The Morgan fingerprint density at radius 3 is 1.87 bits per heavy atom. The Kier molecular flexibility index (Phi) is 14.9. The minimum absolute atomic E-state index is 0.195. The van der Waals surface area contributed by atoms with Crippen LogP contribution in [0.5, 0.6) is 0 Å². The zero-order chi connectivity index (χ0) is 22.8. The molecule has 0 heterocycles. The molecule has 0 saturated heterocycles. The van der Waals surface area contributed by atoms with Crippen LogP contribution in [0.15, 0.2) is 24.3 Å². The van der Waals surface area contributed by atoms with Gasteiger partial charge in [0.05, 0.1) is 39.6 Å². The van der Waals surface area contributed by atoms with Crippen LogP contribution in [0.4, 0.5) is 13.2 Å². The number of carboxylic acids is 1. The maximum absolute atomic E-state index is 11.8. The van der Waals surface area contributed by atoms with E-state index in [-0.39, 0.29) is 5.91 Å². The molecule has 9 nitrogen and oxygen atoms in total. The zero-order valence-corrected chi connectivity index (χ0v) is 16.2. The number of halogens is 3. The summed E-state index contributed by atoms with van der Waals surface area (Å²) in [6.45, 7) is 3.84. The Labute approximate surface area is 171 Å². The van der Waals surface area contributed by atoms with E-state index in [4.69, 9.17) is 29.8 Å². The van der Waals surface area contributed by atoms with Crippen LogP contribution in [-0.2, 0) is 19.0 Å². The molecule has 0 spiro atoms. The van der Waals surface area contributed by atoms with Crippen LogP contribution in [0.25, 0.3) is 0 Å². The van der Waals surface area contributed by atoms with E-state index in [0.717, 1.165) is 6.29 Å². The monoisotopic (exact) mass is 438 g/mol. The van der Waals surface area contributed by atoms with Gasteiger partial charge in [0.1, 0.15) is 6.29 Å². The van der Waals surface area contributed by atoms with Gasteiger partial charge in [-0.15, -0.1) is 0 Å². The average Bonchev–Trinajstić information content (AvgIpc) is 2.71. The van der Waals surface area contributed by atoms with Crippen molar-refractivity contribution in [2.45, 2.75) is 6.18 Å². The van der Waals surface area contributed by atoms with Crippen LogP contribution in [0.1, 0.15) is 20.7 Å². The van der Waals surface area contributed by atoms with Gasteiger partial charge in [-0.05, 0) is 12.1 Å². The summed E-state index contributed by atoms with van der Waals surface area (Å²) in [5, 5.41) is 9.86. The first kappa shape index (κ1) is 27.5. The molecule has 170 valence electrons. The van der Waals surface area contributed by atoms with Gasteiger partial charge in [0.25, 0.3) is 5.91 Å². The lowest BCUT2D eigenvalue weighted by Gasteiger charge is -2.07. The van der Waals surface area contributed by atoms with Crippen LogP contribution in [0.2, 0.25) is 0 Å². The Bertz CT molecular complexity index is 625. The van der Waals surface area contributed by atoms with Crippen molar-refractivity contribution >= 4 is 18.2 Å². The van der Waals surface area contributed by atoms with E-state index < -0.39 is 12.1 Å². The molecule has 0 unspecified atom stereocenters. The molecule has 0 aliphatic carbocycles. The Morgan fingerprint density at radius 1 is 0.967 bits per heavy atom. The van der Waals surface area contributed by atoms with Crippen molar-refractivity contribution in [1.29, 1.82) is 0 Å². The summed E-state index contributed by atoms with van der Waals surface area (Å²) in [5.74, 6) is -2.95. The average molecular weight is 438 g/mol. The van der Waals surface area contributed by atoms with Gasteiger partial charge in [-0.2, -0.15) is 13.2 Å². The van der Waals surface area contributed by atoms with Crippen molar-refractivity contribution in [2.75, 3.05) is 52.7 Å². The lowest BCUT2D eigenvalue weighted by Crippen LogP contribution is -2.27. The second-order valence-corrected chi connectivity index (χ2v) is 5.42. The summed E-state index contributed by atoms with van der Waals surface area (Å²) >= 11 is 0. The molecule has 0 radical (unpaired) electrons. The quantitative estimate of drug-likeness (QED) is 0.305. The number of aliphatic carboxylic acids is 1. The third kappa shape index (κ3) is 14.5. The molecule has 0 aliphatic rings. The number of carboxylic acid groups (broad SMARTS) is 1. The molecule has 0 atom stereocenters. The highest BCUT2D eigenvalue weighted by Crippen LogP contribution is 2.13. The topological polar surface area (TPSA) is 137 Å². The fourth-order valence-electron chi connectivity index (χ4n) is 1.68. The summed E-state index contributed by atoms with van der Waals surface area (Å²) in [5.41, 5.74) is 6.33. The van der Waals surface area contributed by atoms with Gasteiger partial charge in [-0.3, -0.25) is 9.59 Å². The molecule has 0 saturated carbocycles. The molecular weight excluding hydrogens is 413 g/mol. The second-order valence-electron chi connectivity index (χ2n) is 5.42. The van der Waals surface area contributed by atoms with E-state index in [1.807, 2.05) is 0 Å². The van der Waals surface area contributed by atoms with Crippen molar-refractivity contribution in [2.24, 2.45) is 5.73 Å². The second kappa shape index (κ2) is 16.3. The van der Waals surface area contributed by atoms with Gasteiger partial charge >= 0.3 is 12.1 Å². The Morgan fingerprint density at radius 2 is 1.43 bits per heavy atom. The number of nitrogens with one attached hydrogen (secondary N) is 1. The van der Waals surface area contributed by atoms with Gasteiger partial charge in [-0.1, -0.05) is 12.1 Å². The highest BCUT2D eigenvalue weighted by Gasteiger charge is 2.38. The number of rotatable bonds is 13. The van der Waals surface area contributed by atoms with Gasteiger partial charge in [0.15, 0.2) is 0 Å². The fourth-order valence-corrected chi connectivity index (χ4v) is 1.68. The largest absolute Gasteiger partial charge is 0.490 e. The number of carbonyl (C=O) groups excluding carboxylic acids is 2. The minimum atomic E-state index is -5.08. The van der Waals surface area contributed by atoms with E-state index in [9.17, 15) is 22.8 Å². The first-order valence-corrected chi connectivity index (χ1v) is 8.79. The van der Waals surface area contributed by atoms with Crippen LogP contribution in [0.3, 0.4) is 0 Å². The SMILES string of the molecule is NCCOCCOCCOCCNC(=O)c1ccc(C=O)cc1.O=C(O)C(F)(F)F. The highest BCUT2D eigenvalue weighted by atomic mass is 19.4. The van der Waals surface area contributed by atoms with Gasteiger partial charge in [-0.25, -0.2) is 4.79 Å². The number of nitrogens with two attached hydrogens (primary N) is 1. The van der Waals surface area contributed by atoms with Gasteiger partial charge < -0.3 is 30.4 Å². The number of benzene rings is 1. The van der Waals surface area contributed by atoms with Crippen molar-refractivity contribution in [1.82, 2.24) is 5.32 Å². The van der Waals surface area contributed by atoms with Crippen molar-refractivity contribution < 1.29 is 46.9 Å². The molecule has 1 amide bonds. The predicted molar refractivity (Wildman–Crippen MR) is 99.4 cm³/mol. The molecule has 12 heteroatoms. The number of hydrogen-bond donors (Lipinski definition) is 3. The van der Waals surface area contributed by atoms with E-state index in [1.54, 1.807) is 24.3 Å². The smallest absolute Gasteiger partial charge is 0.475 e. The first-order valence-electron chi connectivity index (χ1n) is 8.79. The summed E-state index contributed by atoms with van der Waals surface area (Å²) < 4.78 is 47.5. The summed E-state index contributed by atoms with van der Waals surface area (Å²) in [6.07, 6.45) is -4.35. The maximum atomic E-state index is 11.8. The van der Waals surface area contributed by atoms with E-state index in [0.29, 0.717) is 63.9 Å². The molecule has 1 aromatic carbocycles. The minimum Gasteiger partial charge on any atom is -0.475 e. The van der Waals surface area contributed by atoms with Crippen molar-refractivity contribution in [3.05, 3.63) is 35.4 Å². The number of ether oxygens (including phenoxy) is 3. The normalized spacial score (nSPS) is 10.7. The molecule has 30 heavy (non-hydrogen) atoms. The number of hydrogen-bond acceptors (Lipinski definition) is 7. The third-order valence-corrected chi connectivity index (χ3v) is 3.09. The molecular formula is C18H25F3N2O7. The summed E-state index contributed by atoms with van der Waals surface area (Å²) in [7, 11) is 0. The number of amides is 1. The van der Waals surface area contributed by atoms with Crippen molar-refractivity contribution in [3.63, 3.8) is 0 Å². The first-order chi connectivity index (χ1) is 14.2. The zero-order valence-electron chi connectivity index (χ0n) is 16.2. The van der Waals surface area contributed by atoms with E-state index >= 15 is 0 Å². The lowest BCUT2D eigenvalue weighted by molar-refractivity contribution is -0.192. The van der Waals surface area contributed by atoms with E-state index in [2.05, 4.69) is 5.32 Å². The van der Waals surface area contributed by atoms with Crippen molar-refractivity contribution in [3.8, 4) is 0 Å². The molecule has 0 fully saturated rings. The molecule has 1 aromatic rings. The summed E-state index contributed by atoms with van der Waals surface area (Å²) in [4.78, 5) is 31.2. The lowest BCUT2D eigenvalue weighted by atomic mass is 10.1. The molecule has 4 N–H and O–H groups in total. The third-order valence-electron chi connectivity index (χ3n) is 3.09. The Hall–Kier alpha value is -2.54. The van der Waals surface area contributed by atoms with Crippen LogP contribution < -0.4 is 11.1 Å². The van der Waals surface area contributed by atoms with Crippen LogP contribution in [-0.4, -0.2) is 82.2 Å². The number of carbonyl (C=O) groups is 3. The Balaban J connectivity index is 0.00000103. The fraction of sp³-hybridized carbons (Fsp3) is 0.500. The maximum Gasteiger partial charge on any atom is 0.490 e. The molecule has 0 aromatic heterocycles. The standard InChI is InChI=1S/C16H24N2O5.C2HF3O2/c17-5-7-21-9-11-23-12-10-22-8-6-18-16(20)15-3-1-14(13-19)2-4-15;3-2(4,5)1(6)7/h1-4,13H,5-12,17H2,(H,18,20);(H,6,7). The van der Waals surface area contributed by atoms with Gasteiger partial charge in [0, 0.05) is 24.2 Å². The predicted octanol–water partition coefficient (Wildman–Crippen LogP) is 0.871.